The second kappa shape index (κ2) is 15.8. The predicted molar refractivity (Wildman–Crippen MR) is 190 cm³/mol. The third-order valence-electron chi connectivity index (χ3n) is 7.35. The van der Waals surface area contributed by atoms with Crippen molar-refractivity contribution in [3.63, 3.8) is 0 Å². The number of halogens is 3. The monoisotopic (exact) mass is 716 g/mol. The Hall–Kier alpha value is -4.48. The van der Waals surface area contributed by atoms with E-state index in [1.54, 1.807) is 18.9 Å². The highest BCUT2D eigenvalue weighted by molar-refractivity contribution is 7.99. The van der Waals surface area contributed by atoms with Crippen LogP contribution in [0, 0.1) is 6.92 Å². The van der Waals surface area contributed by atoms with E-state index in [9.17, 15) is 13.2 Å². The number of benzene rings is 6. The lowest BCUT2D eigenvalue weighted by Gasteiger charge is -2.14. The number of hydrogen-bond donors (Lipinski definition) is 0. The van der Waals surface area contributed by atoms with E-state index in [-0.39, 0.29) is 10.9 Å². The lowest BCUT2D eigenvalue weighted by atomic mass is 10.1. The third kappa shape index (κ3) is 9.16. The Labute approximate surface area is 291 Å². The van der Waals surface area contributed by atoms with Gasteiger partial charge < -0.3 is 9.29 Å². The van der Waals surface area contributed by atoms with Crippen molar-refractivity contribution in [2.45, 2.75) is 36.9 Å². The Balaban J connectivity index is 0.000000523. The highest BCUT2D eigenvalue weighted by atomic mass is 32.2. The smallest absolute Gasteiger partial charge is 0.485 e. The molecule has 0 amide bonds. The van der Waals surface area contributed by atoms with Crippen molar-refractivity contribution in [1.29, 1.82) is 0 Å². The fraction of sp³-hybridized carbons (Fsp3) is 0.0769. The molecule has 0 heterocycles. The molecule has 250 valence electrons. The molecule has 0 saturated heterocycles. The molecule has 0 spiro atoms. The van der Waals surface area contributed by atoms with Crippen LogP contribution in [0.3, 0.4) is 0 Å². The van der Waals surface area contributed by atoms with Gasteiger partial charge in [-0.3, -0.25) is 0 Å². The number of aryl methyl sites for hydroxylation is 1. The molecule has 0 aliphatic rings. The highest BCUT2D eigenvalue weighted by Gasteiger charge is 2.37. The van der Waals surface area contributed by atoms with Crippen LogP contribution in [0.5, 0.6) is 5.75 Å². The zero-order valence-corrected chi connectivity index (χ0v) is 28.9. The molecule has 49 heavy (non-hydrogen) atoms. The summed E-state index contributed by atoms with van der Waals surface area (Å²) in [5, 5.41) is 0. The fourth-order valence-electron chi connectivity index (χ4n) is 4.92. The lowest BCUT2D eigenvalue weighted by Crippen LogP contribution is -2.21. The van der Waals surface area contributed by atoms with Gasteiger partial charge in [-0.15, -0.1) is 0 Å². The molecule has 4 nitrogen and oxygen atoms in total. The standard InChI is InChI=1S/C38H31OS2.CHF3O3S/c1-28-11-9-10-16-38(28)41(34-23-19-32(20-24-34)30-14-7-4-8-15-30)35-25-26-37(36(27-35)39-2)40-33-21-17-31(18-22-33)29-12-5-3-6-13-29;2-1(3,4)8(5,6)7/h3-27H,1-2H3;(H,5,6,7)/q+1;/p-1. The molecule has 0 bridgehead atoms. The molecule has 0 fully saturated rings. The first-order chi connectivity index (χ1) is 23.4. The molecule has 6 aromatic rings. The molecular formula is C39H31F3O4S3. The van der Waals surface area contributed by atoms with E-state index in [2.05, 4.69) is 153 Å². The van der Waals surface area contributed by atoms with Gasteiger partial charge in [-0.2, -0.15) is 13.2 Å². The Morgan fingerprint density at radius 1 is 0.633 bits per heavy atom. The zero-order chi connectivity index (χ0) is 35.0. The van der Waals surface area contributed by atoms with Crippen LogP contribution in [-0.4, -0.2) is 25.6 Å². The van der Waals surface area contributed by atoms with Crippen molar-refractivity contribution in [2.75, 3.05) is 7.11 Å². The summed E-state index contributed by atoms with van der Waals surface area (Å²) in [7, 11) is -4.60. The number of methoxy groups -OCH3 is 1. The van der Waals surface area contributed by atoms with Crippen molar-refractivity contribution in [1.82, 2.24) is 0 Å². The summed E-state index contributed by atoms with van der Waals surface area (Å²) in [4.78, 5) is 6.16. The van der Waals surface area contributed by atoms with Crippen LogP contribution in [-0.2, 0) is 21.0 Å². The summed E-state index contributed by atoms with van der Waals surface area (Å²) < 4.78 is 64.9. The van der Waals surface area contributed by atoms with E-state index >= 15 is 0 Å². The largest absolute Gasteiger partial charge is 0.741 e. The summed E-state index contributed by atoms with van der Waals surface area (Å²) in [6.45, 7) is 2.20. The molecule has 1 atom stereocenters. The molecule has 0 saturated carbocycles. The first-order valence-corrected chi connectivity index (χ1v) is 18.4. The van der Waals surface area contributed by atoms with Crippen molar-refractivity contribution < 1.29 is 30.9 Å². The average Bonchev–Trinajstić information content (AvgIpc) is 3.10. The second-order valence-electron chi connectivity index (χ2n) is 10.7. The average molecular weight is 717 g/mol. The van der Waals surface area contributed by atoms with Crippen LogP contribution in [0.15, 0.2) is 176 Å². The van der Waals surface area contributed by atoms with E-state index in [1.807, 2.05) is 6.07 Å². The van der Waals surface area contributed by atoms with Gasteiger partial charge in [0.15, 0.2) is 24.8 Å². The van der Waals surface area contributed by atoms with Gasteiger partial charge in [0.1, 0.15) is 5.75 Å². The van der Waals surface area contributed by atoms with Crippen LogP contribution in [0.4, 0.5) is 13.2 Å². The van der Waals surface area contributed by atoms with Crippen LogP contribution >= 0.6 is 11.8 Å². The van der Waals surface area contributed by atoms with Gasteiger partial charge in [0.05, 0.1) is 22.9 Å². The summed E-state index contributed by atoms with van der Waals surface area (Å²) in [6.07, 6.45) is 0. The Bertz CT molecular complexity index is 2090. The highest BCUT2D eigenvalue weighted by Crippen LogP contribution is 2.41. The SMILES string of the molecule is COc1cc([S+](c2ccc(-c3ccccc3)cc2)c2ccccc2C)ccc1Sc1ccc(-c2ccccc2)cc1.O=S(=O)([O-])C(F)(F)F. The number of rotatable bonds is 8. The lowest BCUT2D eigenvalue weighted by molar-refractivity contribution is -0.0517. The first-order valence-electron chi connectivity index (χ1n) is 14.9. The van der Waals surface area contributed by atoms with Crippen molar-refractivity contribution in [3.8, 4) is 28.0 Å². The van der Waals surface area contributed by atoms with Gasteiger partial charge in [0.25, 0.3) is 0 Å². The van der Waals surface area contributed by atoms with Crippen LogP contribution < -0.4 is 4.74 Å². The summed E-state index contributed by atoms with van der Waals surface area (Å²) >= 11 is 1.74. The minimum Gasteiger partial charge on any atom is -0.741 e. The molecule has 10 heteroatoms. The van der Waals surface area contributed by atoms with E-state index in [4.69, 9.17) is 17.7 Å². The number of hydrogen-bond acceptors (Lipinski definition) is 5. The van der Waals surface area contributed by atoms with E-state index in [0.717, 1.165) is 10.6 Å². The van der Waals surface area contributed by atoms with Crippen molar-refractivity contribution in [3.05, 3.63) is 157 Å². The van der Waals surface area contributed by atoms with Gasteiger partial charge >= 0.3 is 5.51 Å². The molecule has 1 unspecified atom stereocenters. The zero-order valence-electron chi connectivity index (χ0n) is 26.4. The molecule has 0 N–H and O–H groups in total. The summed E-state index contributed by atoms with van der Waals surface area (Å²) in [5.41, 5.74) is 0.551. The molecule has 0 aromatic heterocycles. The van der Waals surface area contributed by atoms with Crippen molar-refractivity contribution in [2.24, 2.45) is 0 Å². The molecule has 6 aromatic carbocycles. The van der Waals surface area contributed by atoms with Gasteiger partial charge in [-0.1, -0.05) is 103 Å². The van der Waals surface area contributed by atoms with Gasteiger partial charge in [0.2, 0.25) is 0 Å². The minimum absolute atomic E-state index is 0.271. The Morgan fingerprint density at radius 3 is 1.57 bits per heavy atom. The number of alkyl halides is 3. The van der Waals surface area contributed by atoms with Crippen LogP contribution in [0.1, 0.15) is 5.56 Å². The maximum Gasteiger partial charge on any atom is 0.485 e. The number of ether oxygens (including phenoxy) is 1. The molecule has 0 aliphatic heterocycles. The Morgan fingerprint density at radius 2 is 1.08 bits per heavy atom. The molecule has 0 radical (unpaired) electrons. The second-order valence-corrected chi connectivity index (χ2v) is 15.1. The van der Waals surface area contributed by atoms with Gasteiger partial charge in [-0.05, 0) is 83.8 Å². The third-order valence-corrected chi connectivity index (χ3v) is 11.4. The molecule has 0 aliphatic carbocycles. The van der Waals surface area contributed by atoms with E-state index in [1.165, 1.54) is 47.4 Å². The summed E-state index contributed by atoms with van der Waals surface area (Å²) in [6, 6.07) is 54.2. The first kappa shape index (κ1) is 35.8. The van der Waals surface area contributed by atoms with Crippen LogP contribution in [0.25, 0.3) is 22.3 Å². The van der Waals surface area contributed by atoms with Gasteiger partial charge in [0, 0.05) is 16.5 Å². The predicted octanol–water partition coefficient (Wildman–Crippen LogP) is 10.6. The topological polar surface area (TPSA) is 66.4 Å². The minimum atomic E-state index is -6.09. The maximum absolute atomic E-state index is 10.7. The normalized spacial score (nSPS) is 12.0. The molecular weight excluding hydrogens is 686 g/mol. The summed E-state index contributed by atoms with van der Waals surface area (Å²) in [5.74, 6) is 0.895. The maximum atomic E-state index is 10.7. The quantitative estimate of drug-likeness (QED) is 0.0891. The Kier molecular flexibility index (Phi) is 11.6. The molecule has 6 rings (SSSR count). The van der Waals surface area contributed by atoms with E-state index in [0.29, 0.717) is 0 Å². The van der Waals surface area contributed by atoms with Crippen molar-refractivity contribution >= 4 is 32.8 Å². The fourth-order valence-corrected chi connectivity index (χ4v) is 8.05. The van der Waals surface area contributed by atoms with Gasteiger partial charge in [-0.25, -0.2) is 8.42 Å². The van der Waals surface area contributed by atoms with Crippen LogP contribution in [0.2, 0.25) is 0 Å². The van der Waals surface area contributed by atoms with E-state index < -0.39 is 15.6 Å².